The molecule has 2 saturated carbocycles. The maximum Gasteiger partial charge on any atom is 0.143 e. The lowest BCUT2D eigenvalue weighted by molar-refractivity contribution is 0.159. The molecule has 1 aliphatic heterocycles. The zero-order valence-corrected chi connectivity index (χ0v) is 17.5. The van der Waals surface area contributed by atoms with E-state index in [-0.39, 0.29) is 17.5 Å². The van der Waals surface area contributed by atoms with Gasteiger partial charge >= 0.3 is 0 Å². The van der Waals surface area contributed by atoms with Crippen molar-refractivity contribution in [1.29, 1.82) is 5.26 Å². The Morgan fingerprint density at radius 3 is 2.16 bits per heavy atom. The Balaban J connectivity index is 1.11. The molecule has 2 atom stereocenters. The van der Waals surface area contributed by atoms with E-state index in [0.29, 0.717) is 17.9 Å². The molecule has 2 aromatic rings. The Hall–Kier alpha value is -2.65. The molecule has 3 aliphatic rings. The number of nitriles is 1. The van der Waals surface area contributed by atoms with E-state index in [4.69, 9.17) is 10.00 Å². The third-order valence-electron chi connectivity index (χ3n) is 7.33. The van der Waals surface area contributed by atoms with Crippen LogP contribution < -0.4 is 9.64 Å². The van der Waals surface area contributed by atoms with Gasteiger partial charge in [0.2, 0.25) is 0 Å². The number of piperazine rings is 1. The summed E-state index contributed by atoms with van der Waals surface area (Å²) in [5.74, 6) is 1.51. The van der Waals surface area contributed by atoms with Crippen LogP contribution in [-0.4, -0.2) is 43.2 Å². The number of benzene rings is 2. The van der Waals surface area contributed by atoms with Gasteiger partial charge in [-0.2, -0.15) is 5.26 Å². The first kappa shape index (κ1) is 20.3. The van der Waals surface area contributed by atoms with Crippen molar-refractivity contribution in [1.82, 2.24) is 4.90 Å². The standard InChI is InChI=1S/C25H27F2N3O/c26-20-2-5-23(6-3-20)31-24-13-18-11-22(12-19(18)14-24)30-9-7-29(8-10-30)21-4-1-17(16-28)25(27)15-21/h1-6,15,18-19,22,24H,7-14H2. The van der Waals surface area contributed by atoms with Crippen molar-refractivity contribution < 1.29 is 13.5 Å². The Labute approximate surface area is 182 Å². The summed E-state index contributed by atoms with van der Waals surface area (Å²) >= 11 is 0. The van der Waals surface area contributed by atoms with Gasteiger partial charge in [-0.3, -0.25) is 4.90 Å². The second-order valence-corrected chi connectivity index (χ2v) is 9.11. The normalized spacial score (nSPS) is 28.4. The number of halogens is 2. The molecular formula is C25H27F2N3O. The van der Waals surface area contributed by atoms with E-state index < -0.39 is 5.82 Å². The summed E-state index contributed by atoms with van der Waals surface area (Å²) in [6, 6.07) is 13.7. The summed E-state index contributed by atoms with van der Waals surface area (Å²) in [6.45, 7) is 3.74. The first-order valence-corrected chi connectivity index (χ1v) is 11.2. The monoisotopic (exact) mass is 423 g/mol. The first-order chi connectivity index (χ1) is 15.1. The van der Waals surface area contributed by atoms with Crippen molar-refractivity contribution in [3.05, 3.63) is 59.7 Å². The zero-order valence-electron chi connectivity index (χ0n) is 17.5. The Morgan fingerprint density at radius 1 is 0.871 bits per heavy atom. The highest BCUT2D eigenvalue weighted by Gasteiger charge is 2.44. The fraction of sp³-hybridized carbons (Fsp3) is 0.480. The van der Waals surface area contributed by atoms with Gasteiger partial charge in [-0.25, -0.2) is 8.78 Å². The van der Waals surface area contributed by atoms with E-state index in [9.17, 15) is 8.78 Å². The highest BCUT2D eigenvalue weighted by Crippen LogP contribution is 2.47. The van der Waals surface area contributed by atoms with Crippen LogP contribution in [0.15, 0.2) is 42.5 Å². The number of rotatable bonds is 4. The van der Waals surface area contributed by atoms with Gasteiger partial charge < -0.3 is 9.64 Å². The first-order valence-electron chi connectivity index (χ1n) is 11.2. The average molecular weight is 424 g/mol. The minimum atomic E-state index is -0.441. The molecule has 162 valence electrons. The van der Waals surface area contributed by atoms with Gasteiger partial charge in [0.15, 0.2) is 0 Å². The molecule has 0 N–H and O–H groups in total. The summed E-state index contributed by atoms with van der Waals surface area (Å²) in [5, 5.41) is 8.91. The van der Waals surface area contributed by atoms with Gasteiger partial charge in [0.05, 0.1) is 11.7 Å². The average Bonchev–Trinajstić information content (AvgIpc) is 3.34. The maximum absolute atomic E-state index is 14.0. The summed E-state index contributed by atoms with van der Waals surface area (Å²) in [4.78, 5) is 4.81. The van der Waals surface area contributed by atoms with Crippen LogP contribution in [0.1, 0.15) is 31.2 Å². The molecule has 0 aromatic heterocycles. The molecule has 5 rings (SSSR count). The molecule has 3 fully saturated rings. The number of ether oxygens (including phenoxy) is 1. The predicted octanol–water partition coefficient (Wildman–Crippen LogP) is 4.59. The molecule has 1 saturated heterocycles. The topological polar surface area (TPSA) is 39.5 Å². The molecule has 2 aliphatic carbocycles. The Kier molecular flexibility index (Phi) is 5.54. The van der Waals surface area contributed by atoms with Crippen LogP contribution in [0.5, 0.6) is 5.75 Å². The van der Waals surface area contributed by atoms with Crippen LogP contribution in [0, 0.1) is 34.8 Å². The van der Waals surface area contributed by atoms with Crippen molar-refractivity contribution in [2.45, 2.75) is 37.8 Å². The van der Waals surface area contributed by atoms with Crippen LogP contribution >= 0.6 is 0 Å². The SMILES string of the molecule is N#Cc1ccc(N2CCN(C3CC4CC(Oc5ccc(F)cc5)CC4C3)CC2)cc1F. The van der Waals surface area contributed by atoms with Gasteiger partial charge in [0.1, 0.15) is 23.5 Å². The molecule has 1 heterocycles. The molecular weight excluding hydrogens is 396 g/mol. The maximum atomic E-state index is 14.0. The van der Waals surface area contributed by atoms with Crippen LogP contribution in [0.25, 0.3) is 0 Å². The molecule has 4 nitrogen and oxygen atoms in total. The van der Waals surface area contributed by atoms with E-state index in [0.717, 1.165) is 50.5 Å². The molecule has 0 spiro atoms. The number of fused-ring (bicyclic) bond motifs is 1. The highest BCUT2D eigenvalue weighted by atomic mass is 19.1. The molecule has 0 bridgehead atoms. The molecule has 2 aromatic carbocycles. The summed E-state index contributed by atoms with van der Waals surface area (Å²) in [7, 11) is 0. The zero-order chi connectivity index (χ0) is 21.4. The van der Waals surface area contributed by atoms with E-state index >= 15 is 0 Å². The van der Waals surface area contributed by atoms with Crippen molar-refractivity contribution in [2.75, 3.05) is 31.1 Å². The number of hydrogen-bond donors (Lipinski definition) is 0. The quantitative estimate of drug-likeness (QED) is 0.721. The van der Waals surface area contributed by atoms with E-state index in [2.05, 4.69) is 9.80 Å². The molecule has 0 radical (unpaired) electrons. The summed E-state index contributed by atoms with van der Waals surface area (Å²) in [5.41, 5.74) is 0.960. The van der Waals surface area contributed by atoms with Crippen LogP contribution in [0.3, 0.4) is 0 Å². The smallest absolute Gasteiger partial charge is 0.143 e. The third kappa shape index (κ3) is 4.24. The highest BCUT2D eigenvalue weighted by molar-refractivity contribution is 5.50. The van der Waals surface area contributed by atoms with Crippen molar-refractivity contribution in [2.24, 2.45) is 11.8 Å². The van der Waals surface area contributed by atoms with Crippen molar-refractivity contribution in [3.63, 3.8) is 0 Å². The second kappa shape index (κ2) is 8.47. The lowest BCUT2D eigenvalue weighted by Gasteiger charge is -2.39. The van der Waals surface area contributed by atoms with E-state index in [1.54, 1.807) is 18.2 Å². The number of nitrogens with zero attached hydrogens (tertiary/aromatic N) is 3. The number of hydrogen-bond acceptors (Lipinski definition) is 4. The minimum absolute atomic E-state index is 0.0987. The van der Waals surface area contributed by atoms with Gasteiger partial charge in [0, 0.05) is 37.9 Å². The van der Waals surface area contributed by atoms with Crippen molar-refractivity contribution in [3.8, 4) is 11.8 Å². The van der Waals surface area contributed by atoms with Crippen molar-refractivity contribution >= 4 is 5.69 Å². The van der Waals surface area contributed by atoms with Gasteiger partial charge in [0.25, 0.3) is 0 Å². The van der Waals surface area contributed by atoms with Crippen LogP contribution in [0.2, 0.25) is 0 Å². The van der Waals surface area contributed by atoms with Crippen LogP contribution in [-0.2, 0) is 0 Å². The fourth-order valence-corrected chi connectivity index (χ4v) is 5.77. The number of anilines is 1. The predicted molar refractivity (Wildman–Crippen MR) is 115 cm³/mol. The lowest BCUT2D eigenvalue weighted by atomic mass is 10.0. The third-order valence-corrected chi connectivity index (χ3v) is 7.33. The molecule has 2 unspecified atom stereocenters. The van der Waals surface area contributed by atoms with Crippen LogP contribution in [0.4, 0.5) is 14.5 Å². The van der Waals surface area contributed by atoms with E-state index in [1.807, 2.05) is 12.1 Å². The fourth-order valence-electron chi connectivity index (χ4n) is 5.77. The summed E-state index contributed by atoms with van der Waals surface area (Å²) in [6.07, 6.45) is 4.86. The lowest BCUT2D eigenvalue weighted by Crippen LogP contribution is -2.50. The van der Waals surface area contributed by atoms with Gasteiger partial charge in [-0.15, -0.1) is 0 Å². The largest absolute Gasteiger partial charge is 0.490 e. The molecule has 31 heavy (non-hydrogen) atoms. The Morgan fingerprint density at radius 2 is 1.55 bits per heavy atom. The minimum Gasteiger partial charge on any atom is -0.490 e. The second-order valence-electron chi connectivity index (χ2n) is 9.11. The molecule has 6 heteroatoms. The van der Waals surface area contributed by atoms with E-state index in [1.165, 1.54) is 31.0 Å². The van der Waals surface area contributed by atoms with Gasteiger partial charge in [-0.1, -0.05) is 0 Å². The summed E-state index contributed by atoms with van der Waals surface area (Å²) < 4.78 is 33.1. The molecule has 0 amide bonds. The van der Waals surface area contributed by atoms with Gasteiger partial charge in [-0.05, 0) is 80.0 Å². The Bertz CT molecular complexity index is 952.